The highest BCUT2D eigenvalue weighted by molar-refractivity contribution is 5.55. The normalized spacial score (nSPS) is 11.8. The lowest BCUT2D eigenvalue weighted by Crippen LogP contribution is -2.28. The van der Waals surface area contributed by atoms with Crippen LogP contribution in [0, 0.1) is 5.82 Å². The Kier molecular flexibility index (Phi) is 3.16. The van der Waals surface area contributed by atoms with Crippen molar-refractivity contribution in [1.82, 2.24) is 9.55 Å². The van der Waals surface area contributed by atoms with Gasteiger partial charge in [-0.1, -0.05) is 6.58 Å². The van der Waals surface area contributed by atoms with Gasteiger partial charge in [-0.3, -0.25) is 9.36 Å². The average Bonchev–Trinajstić information content (AvgIpc) is 2.61. The molecule has 1 heterocycles. The van der Waals surface area contributed by atoms with E-state index in [0.29, 0.717) is 11.0 Å². The summed E-state index contributed by atoms with van der Waals surface area (Å²) in [6, 6.07) is 2.54. The maximum atomic E-state index is 13.5. The van der Waals surface area contributed by atoms with Gasteiger partial charge >= 0.3 is 0 Å². The topological polar surface area (TPSA) is 67.2 Å². The minimum Gasteiger partial charge on any atom is -0.502 e. The number of hydrogen-bond donors (Lipinski definition) is 2. The number of rotatable bonds is 2. The zero-order valence-corrected chi connectivity index (χ0v) is 10.5. The van der Waals surface area contributed by atoms with Crippen molar-refractivity contribution < 1.29 is 14.2 Å². The quantitative estimate of drug-likeness (QED) is 0.790. The Bertz CT molecular complexity index is 789. The number of phenolic OH excluding ortho intramolecular Hbond substituents is 1. The van der Waals surface area contributed by atoms with Gasteiger partial charge in [0.15, 0.2) is 17.3 Å². The van der Waals surface area contributed by atoms with Crippen molar-refractivity contribution in [1.29, 1.82) is 0 Å². The first-order valence-electron chi connectivity index (χ1n) is 5.46. The fourth-order valence-corrected chi connectivity index (χ4v) is 1.69. The van der Waals surface area contributed by atoms with E-state index in [1.807, 2.05) is 0 Å². The molecule has 2 N–H and O–H groups in total. The summed E-state index contributed by atoms with van der Waals surface area (Å²) in [7, 11) is 2.90. The van der Waals surface area contributed by atoms with Crippen LogP contribution in [-0.4, -0.2) is 21.8 Å². The standard InChI is InChI=1S/C13H13FN2O3/c1-7-15-10(13(18)16(7)2)5-8-4-9(14)12(17)11(6-8)19-3/h4-6,15,17H,1H2,2-3H3. The second-order valence-corrected chi connectivity index (χ2v) is 4.05. The second-order valence-electron chi connectivity index (χ2n) is 4.05. The molecule has 0 saturated heterocycles. The molecule has 0 amide bonds. The molecule has 1 aromatic carbocycles. The van der Waals surface area contributed by atoms with Crippen molar-refractivity contribution in [2.75, 3.05) is 7.11 Å². The minimum atomic E-state index is -0.816. The van der Waals surface area contributed by atoms with E-state index in [-0.39, 0.29) is 16.7 Å². The maximum Gasteiger partial charge on any atom is 0.275 e. The summed E-state index contributed by atoms with van der Waals surface area (Å²) in [6.45, 7) is 3.66. The number of phenols is 1. The number of H-pyrrole nitrogens is 1. The third kappa shape index (κ3) is 2.24. The first kappa shape index (κ1) is 12.9. The number of hydrogen-bond acceptors (Lipinski definition) is 3. The molecule has 0 radical (unpaired) electrons. The minimum absolute atomic E-state index is 0.00415. The molecule has 100 valence electrons. The Morgan fingerprint density at radius 2 is 2.21 bits per heavy atom. The Labute approximate surface area is 107 Å². The van der Waals surface area contributed by atoms with Crippen molar-refractivity contribution in [2.24, 2.45) is 7.05 Å². The molecule has 0 unspecified atom stereocenters. The number of nitrogens with one attached hydrogen (secondary N) is 1. The summed E-state index contributed by atoms with van der Waals surface area (Å²) in [5, 5.41) is 9.67. The summed E-state index contributed by atoms with van der Waals surface area (Å²) in [4.78, 5) is 14.6. The summed E-state index contributed by atoms with van der Waals surface area (Å²) < 4.78 is 19.7. The first-order valence-corrected chi connectivity index (χ1v) is 5.46. The van der Waals surface area contributed by atoms with Gasteiger partial charge in [0.25, 0.3) is 5.56 Å². The molecule has 2 aromatic rings. The number of aromatic hydroxyl groups is 1. The monoisotopic (exact) mass is 264 g/mol. The molecule has 0 aliphatic heterocycles. The number of methoxy groups -OCH3 is 1. The van der Waals surface area contributed by atoms with Crippen LogP contribution in [0.5, 0.6) is 11.5 Å². The van der Waals surface area contributed by atoms with Crippen LogP contribution in [0.3, 0.4) is 0 Å². The Morgan fingerprint density at radius 3 is 2.74 bits per heavy atom. The van der Waals surface area contributed by atoms with E-state index in [1.165, 1.54) is 23.8 Å². The third-order valence-electron chi connectivity index (χ3n) is 2.80. The molecule has 0 aliphatic rings. The van der Waals surface area contributed by atoms with Gasteiger partial charge < -0.3 is 14.8 Å². The smallest absolute Gasteiger partial charge is 0.275 e. The molecule has 5 nitrogen and oxygen atoms in total. The zero-order valence-electron chi connectivity index (χ0n) is 10.5. The second kappa shape index (κ2) is 4.64. The highest BCUT2D eigenvalue weighted by Crippen LogP contribution is 2.30. The van der Waals surface area contributed by atoms with Crippen LogP contribution in [0.2, 0.25) is 0 Å². The molecule has 0 aliphatic carbocycles. The highest BCUT2D eigenvalue weighted by atomic mass is 19.1. The first-order chi connectivity index (χ1) is 8.93. The summed E-state index contributed by atoms with van der Waals surface area (Å²) in [5.74, 6) is -1.37. The number of imidazole rings is 1. The molecular weight excluding hydrogens is 251 g/mol. The molecular formula is C13H13FN2O3. The van der Waals surface area contributed by atoms with Crippen LogP contribution in [-0.2, 0) is 7.05 Å². The van der Waals surface area contributed by atoms with E-state index in [2.05, 4.69) is 11.6 Å². The Hall–Kier alpha value is -2.50. The van der Waals surface area contributed by atoms with Gasteiger partial charge in [-0.2, -0.15) is 0 Å². The van der Waals surface area contributed by atoms with Crippen molar-refractivity contribution in [3.8, 4) is 11.5 Å². The summed E-state index contributed by atoms with van der Waals surface area (Å²) >= 11 is 0. The molecule has 0 fully saturated rings. The lowest BCUT2D eigenvalue weighted by atomic mass is 10.2. The lowest BCUT2D eigenvalue weighted by molar-refractivity contribution is 0.357. The molecule has 1 aromatic heterocycles. The number of ether oxygens (including phenoxy) is 1. The van der Waals surface area contributed by atoms with Gasteiger partial charge in [0.2, 0.25) is 0 Å². The Balaban J connectivity index is 2.67. The molecule has 0 spiro atoms. The molecule has 0 atom stereocenters. The summed E-state index contributed by atoms with van der Waals surface area (Å²) in [5.41, 5.74) is 0.575. The number of nitrogens with zero attached hydrogens (tertiary/aromatic N) is 1. The number of aromatic nitrogens is 2. The van der Waals surface area contributed by atoms with Crippen LogP contribution in [0.25, 0.3) is 12.7 Å². The van der Waals surface area contributed by atoms with Gasteiger partial charge in [0.05, 0.1) is 7.11 Å². The maximum absolute atomic E-state index is 13.5. The molecule has 19 heavy (non-hydrogen) atoms. The van der Waals surface area contributed by atoms with E-state index in [1.54, 1.807) is 7.05 Å². The Morgan fingerprint density at radius 1 is 1.53 bits per heavy atom. The van der Waals surface area contributed by atoms with Crippen LogP contribution in [0.4, 0.5) is 4.39 Å². The van der Waals surface area contributed by atoms with E-state index >= 15 is 0 Å². The van der Waals surface area contributed by atoms with E-state index in [9.17, 15) is 14.3 Å². The van der Waals surface area contributed by atoms with E-state index in [4.69, 9.17) is 4.74 Å². The van der Waals surface area contributed by atoms with Crippen molar-refractivity contribution in [2.45, 2.75) is 0 Å². The number of halogens is 1. The molecule has 0 saturated carbocycles. The predicted octanol–water partition coefficient (Wildman–Crippen LogP) is -0.194. The van der Waals surface area contributed by atoms with Crippen LogP contribution < -0.4 is 21.1 Å². The summed E-state index contributed by atoms with van der Waals surface area (Å²) in [6.07, 6.45) is 1.46. The SMILES string of the molecule is C=c1[nH]c(=Cc2cc(F)c(O)c(OC)c2)c(=O)n1C. The number of benzene rings is 1. The lowest BCUT2D eigenvalue weighted by Gasteiger charge is -2.04. The fourth-order valence-electron chi connectivity index (χ4n) is 1.69. The fraction of sp³-hybridized carbons (Fsp3) is 0.154. The van der Waals surface area contributed by atoms with Gasteiger partial charge in [-0.15, -0.1) is 0 Å². The van der Waals surface area contributed by atoms with Crippen LogP contribution in [0.1, 0.15) is 5.56 Å². The average molecular weight is 264 g/mol. The van der Waals surface area contributed by atoms with Crippen molar-refractivity contribution >= 4 is 12.7 Å². The van der Waals surface area contributed by atoms with Crippen molar-refractivity contribution in [3.63, 3.8) is 0 Å². The predicted molar refractivity (Wildman–Crippen MR) is 69.0 cm³/mol. The number of aromatic amines is 1. The van der Waals surface area contributed by atoms with Crippen LogP contribution >= 0.6 is 0 Å². The zero-order chi connectivity index (χ0) is 14.2. The third-order valence-corrected chi connectivity index (χ3v) is 2.80. The van der Waals surface area contributed by atoms with Gasteiger partial charge in [0.1, 0.15) is 10.8 Å². The van der Waals surface area contributed by atoms with Gasteiger partial charge in [-0.25, -0.2) is 4.39 Å². The largest absolute Gasteiger partial charge is 0.502 e. The van der Waals surface area contributed by atoms with E-state index in [0.717, 1.165) is 6.07 Å². The van der Waals surface area contributed by atoms with Crippen molar-refractivity contribution in [3.05, 3.63) is 44.7 Å². The van der Waals surface area contributed by atoms with E-state index < -0.39 is 11.6 Å². The molecule has 2 rings (SSSR count). The van der Waals surface area contributed by atoms with Gasteiger partial charge in [0, 0.05) is 7.05 Å². The molecule has 6 heteroatoms. The van der Waals surface area contributed by atoms with Gasteiger partial charge in [-0.05, 0) is 23.8 Å². The highest BCUT2D eigenvalue weighted by Gasteiger charge is 2.09. The van der Waals surface area contributed by atoms with Crippen LogP contribution in [0.15, 0.2) is 16.9 Å². The molecule has 0 bridgehead atoms.